The Balaban J connectivity index is 1.47. The Kier molecular flexibility index (Phi) is 9.55. The highest BCUT2D eigenvalue weighted by molar-refractivity contribution is 5.89. The van der Waals surface area contributed by atoms with E-state index in [0.717, 1.165) is 0 Å². The van der Waals surface area contributed by atoms with Gasteiger partial charge in [-0.25, -0.2) is 9.78 Å². The predicted octanol–water partition coefficient (Wildman–Crippen LogP) is 5.51. The lowest BCUT2D eigenvalue weighted by atomic mass is 10.1. The van der Waals surface area contributed by atoms with Crippen molar-refractivity contribution in [3.8, 4) is 40.1 Å². The molecule has 0 aliphatic rings. The molecule has 5 rings (SSSR count). The molecule has 238 valence electrons. The number of methoxy groups -OCH3 is 4. The monoisotopic (exact) mass is 636 g/mol. The third-order valence-corrected chi connectivity index (χ3v) is 6.91. The lowest BCUT2D eigenvalue weighted by Gasteiger charge is -2.15. The van der Waals surface area contributed by atoms with Crippen molar-refractivity contribution in [2.24, 2.45) is 5.10 Å². The fourth-order valence-corrected chi connectivity index (χ4v) is 4.61. The molecule has 0 aliphatic carbocycles. The number of rotatable bonds is 11. The smallest absolute Gasteiger partial charge is 0.336 e. The molecule has 0 fully saturated rings. The SMILES string of the molecule is COc1cc(C=Nn2c(-c3cc(OC)c(OC)c(OC)c3)nc3ccccc3c2=O)ccc1OC(=O)/C=C/c1ccc([N+](=O)[O-])cc1. The van der Waals surface area contributed by atoms with Gasteiger partial charge >= 0.3 is 5.97 Å². The molecule has 0 spiro atoms. The molecule has 0 radical (unpaired) electrons. The number of aromatic nitrogens is 2. The van der Waals surface area contributed by atoms with Gasteiger partial charge in [-0.1, -0.05) is 12.1 Å². The normalized spacial score (nSPS) is 11.1. The van der Waals surface area contributed by atoms with Crippen LogP contribution in [0.2, 0.25) is 0 Å². The van der Waals surface area contributed by atoms with Gasteiger partial charge in [0, 0.05) is 23.8 Å². The number of ether oxygens (including phenoxy) is 5. The first-order chi connectivity index (χ1) is 22.8. The van der Waals surface area contributed by atoms with E-state index in [0.29, 0.717) is 44.8 Å². The van der Waals surface area contributed by atoms with E-state index < -0.39 is 16.5 Å². The predicted molar refractivity (Wildman–Crippen MR) is 175 cm³/mol. The molecule has 0 atom stereocenters. The third kappa shape index (κ3) is 6.93. The van der Waals surface area contributed by atoms with Crippen LogP contribution in [0, 0.1) is 10.1 Å². The molecule has 1 aromatic heterocycles. The molecule has 4 aromatic carbocycles. The molecule has 0 N–H and O–H groups in total. The van der Waals surface area contributed by atoms with Crippen LogP contribution in [-0.4, -0.2) is 55.2 Å². The molecule has 13 heteroatoms. The Bertz CT molecular complexity index is 2060. The first kappa shape index (κ1) is 31.9. The molecule has 0 unspecified atom stereocenters. The van der Waals surface area contributed by atoms with E-state index in [2.05, 4.69) is 5.10 Å². The van der Waals surface area contributed by atoms with Crippen molar-refractivity contribution in [3.05, 3.63) is 117 Å². The van der Waals surface area contributed by atoms with E-state index in [1.165, 1.54) is 81.8 Å². The van der Waals surface area contributed by atoms with Gasteiger partial charge in [-0.2, -0.15) is 9.78 Å². The molecule has 47 heavy (non-hydrogen) atoms. The number of nitro groups is 1. The van der Waals surface area contributed by atoms with E-state index in [9.17, 15) is 19.7 Å². The van der Waals surface area contributed by atoms with Crippen LogP contribution in [0.4, 0.5) is 5.69 Å². The van der Waals surface area contributed by atoms with Crippen molar-refractivity contribution in [1.82, 2.24) is 9.66 Å². The highest BCUT2D eigenvalue weighted by Crippen LogP contribution is 2.41. The number of carbonyl (C=O) groups is 1. The fourth-order valence-electron chi connectivity index (χ4n) is 4.61. The van der Waals surface area contributed by atoms with Gasteiger partial charge in [0.25, 0.3) is 11.2 Å². The van der Waals surface area contributed by atoms with Crippen LogP contribution in [0.25, 0.3) is 28.4 Å². The zero-order chi connectivity index (χ0) is 33.5. The number of fused-ring (bicyclic) bond motifs is 1. The van der Waals surface area contributed by atoms with Crippen molar-refractivity contribution in [2.75, 3.05) is 28.4 Å². The number of benzene rings is 4. The summed E-state index contributed by atoms with van der Waals surface area (Å²) >= 11 is 0. The van der Waals surface area contributed by atoms with E-state index in [4.69, 9.17) is 28.7 Å². The van der Waals surface area contributed by atoms with Gasteiger partial charge in [-0.05, 0) is 71.8 Å². The molecule has 0 saturated carbocycles. The van der Waals surface area contributed by atoms with Crippen LogP contribution in [0.3, 0.4) is 0 Å². The van der Waals surface area contributed by atoms with Crippen LogP contribution in [0.5, 0.6) is 28.7 Å². The number of hydrogen-bond donors (Lipinski definition) is 0. The standard InChI is InChI=1S/C34H28N4O9/c1-43-28-17-22(11-15-27(28)47-31(39)16-12-21-9-13-24(14-10-21)38(41)42)20-35-37-33(36-26-8-6-5-7-25(26)34(37)40)23-18-29(44-2)32(46-4)30(19-23)45-3/h5-20H,1-4H3/b16-12+,35-20?. The Morgan fingerprint density at radius 2 is 1.49 bits per heavy atom. The summed E-state index contributed by atoms with van der Waals surface area (Å²) in [6, 6.07) is 20.7. The van der Waals surface area contributed by atoms with E-state index in [1.54, 1.807) is 48.5 Å². The lowest BCUT2D eigenvalue weighted by Crippen LogP contribution is -2.20. The highest BCUT2D eigenvalue weighted by Gasteiger charge is 2.19. The first-order valence-electron chi connectivity index (χ1n) is 13.9. The molecule has 5 aromatic rings. The molecule has 0 bridgehead atoms. The van der Waals surface area contributed by atoms with Gasteiger partial charge < -0.3 is 23.7 Å². The summed E-state index contributed by atoms with van der Waals surface area (Å²) in [5.41, 5.74) is 1.60. The van der Waals surface area contributed by atoms with E-state index in [-0.39, 0.29) is 23.0 Å². The summed E-state index contributed by atoms with van der Waals surface area (Å²) in [5.74, 6) is 1.04. The highest BCUT2D eigenvalue weighted by atomic mass is 16.6. The van der Waals surface area contributed by atoms with Crippen molar-refractivity contribution in [1.29, 1.82) is 0 Å². The Hall–Kier alpha value is -6.50. The fraction of sp³-hybridized carbons (Fsp3) is 0.118. The molecular weight excluding hydrogens is 608 g/mol. The summed E-state index contributed by atoms with van der Waals surface area (Å²) in [6.45, 7) is 0. The minimum atomic E-state index is -0.688. The second kappa shape index (κ2) is 14.1. The van der Waals surface area contributed by atoms with Crippen LogP contribution < -0.4 is 29.2 Å². The number of non-ortho nitro benzene ring substituents is 1. The average Bonchev–Trinajstić information content (AvgIpc) is 3.10. The number of nitrogens with zero attached hydrogens (tertiary/aromatic N) is 4. The van der Waals surface area contributed by atoms with Gasteiger partial charge in [-0.3, -0.25) is 14.9 Å². The maximum Gasteiger partial charge on any atom is 0.336 e. The molecule has 0 aliphatic heterocycles. The summed E-state index contributed by atoms with van der Waals surface area (Å²) < 4.78 is 28.5. The maximum absolute atomic E-state index is 13.7. The Morgan fingerprint density at radius 1 is 0.830 bits per heavy atom. The number of esters is 1. The van der Waals surface area contributed by atoms with E-state index >= 15 is 0 Å². The number of para-hydroxylation sites is 1. The third-order valence-electron chi connectivity index (χ3n) is 6.91. The summed E-state index contributed by atoms with van der Waals surface area (Å²) in [5, 5.41) is 15.7. The molecule has 13 nitrogen and oxygen atoms in total. The minimum Gasteiger partial charge on any atom is -0.493 e. The number of carbonyl (C=O) groups excluding carboxylic acids is 1. The molecule has 1 heterocycles. The Labute approximate surface area is 268 Å². The summed E-state index contributed by atoms with van der Waals surface area (Å²) in [7, 11) is 5.89. The lowest BCUT2D eigenvalue weighted by molar-refractivity contribution is -0.384. The zero-order valence-corrected chi connectivity index (χ0v) is 25.7. The molecule has 0 saturated heterocycles. The van der Waals surface area contributed by atoms with Crippen LogP contribution in [-0.2, 0) is 4.79 Å². The van der Waals surface area contributed by atoms with Crippen LogP contribution in [0.1, 0.15) is 11.1 Å². The summed E-state index contributed by atoms with van der Waals surface area (Å²) in [6.07, 6.45) is 4.11. The van der Waals surface area contributed by atoms with Crippen LogP contribution in [0.15, 0.2) is 94.8 Å². The van der Waals surface area contributed by atoms with Crippen molar-refractivity contribution < 1.29 is 33.4 Å². The second-order valence-corrected chi connectivity index (χ2v) is 9.74. The largest absolute Gasteiger partial charge is 0.493 e. The van der Waals surface area contributed by atoms with Gasteiger partial charge in [0.2, 0.25) is 5.75 Å². The quantitative estimate of drug-likeness (QED) is 0.0453. The molecular formula is C34H28N4O9. The molecule has 0 amide bonds. The Morgan fingerprint density at radius 3 is 2.13 bits per heavy atom. The van der Waals surface area contributed by atoms with Gasteiger partial charge in [0.05, 0.1) is 50.5 Å². The van der Waals surface area contributed by atoms with Crippen LogP contribution >= 0.6 is 0 Å². The van der Waals surface area contributed by atoms with Gasteiger partial charge in [-0.15, -0.1) is 0 Å². The average molecular weight is 637 g/mol. The second-order valence-electron chi connectivity index (χ2n) is 9.74. The van der Waals surface area contributed by atoms with Crippen molar-refractivity contribution in [3.63, 3.8) is 0 Å². The zero-order valence-electron chi connectivity index (χ0n) is 25.7. The minimum absolute atomic E-state index is 0.0581. The van der Waals surface area contributed by atoms with Crippen molar-refractivity contribution in [2.45, 2.75) is 0 Å². The number of nitro benzene ring substituents is 1. The van der Waals surface area contributed by atoms with Gasteiger partial charge in [0.15, 0.2) is 28.8 Å². The number of hydrogen-bond acceptors (Lipinski definition) is 11. The topological polar surface area (TPSA) is 154 Å². The summed E-state index contributed by atoms with van der Waals surface area (Å²) in [4.78, 5) is 41.3. The maximum atomic E-state index is 13.7. The first-order valence-corrected chi connectivity index (χ1v) is 13.9. The van der Waals surface area contributed by atoms with E-state index in [1.807, 2.05) is 0 Å². The van der Waals surface area contributed by atoms with Gasteiger partial charge in [0.1, 0.15) is 0 Å². The van der Waals surface area contributed by atoms with Crippen molar-refractivity contribution >= 4 is 34.9 Å².